The summed E-state index contributed by atoms with van der Waals surface area (Å²) in [4.78, 5) is 24.5. The van der Waals surface area contributed by atoms with Crippen molar-refractivity contribution in [3.8, 4) is 5.75 Å². The van der Waals surface area contributed by atoms with E-state index in [4.69, 9.17) is 14.6 Å². The maximum atomic E-state index is 11.9. The number of aliphatic hydroxyl groups excluding tert-OH is 2. The number of carboxylic acids is 1. The van der Waals surface area contributed by atoms with E-state index in [0.29, 0.717) is 25.1 Å². The summed E-state index contributed by atoms with van der Waals surface area (Å²) in [5, 5.41) is 41.4. The van der Waals surface area contributed by atoms with Crippen LogP contribution in [0.5, 0.6) is 5.75 Å². The summed E-state index contributed by atoms with van der Waals surface area (Å²) in [7, 11) is 1.91. The molecule has 3 aromatic carbocycles. The molecular weight excluding hydrogens is 540 g/mol. The Labute approximate surface area is 245 Å². The monoisotopic (exact) mass is 578 g/mol. The summed E-state index contributed by atoms with van der Waals surface area (Å²) in [5.74, 6) is -1.23. The predicted molar refractivity (Wildman–Crippen MR) is 154 cm³/mol. The van der Waals surface area contributed by atoms with Gasteiger partial charge in [-0.15, -0.1) is 0 Å². The Bertz CT molecular complexity index is 1310. The van der Waals surface area contributed by atoms with Crippen molar-refractivity contribution in [1.82, 2.24) is 10.2 Å². The highest BCUT2D eigenvalue weighted by molar-refractivity contribution is 5.80. The van der Waals surface area contributed by atoms with Crippen molar-refractivity contribution in [2.24, 2.45) is 0 Å². The third-order valence-electron chi connectivity index (χ3n) is 7.18. The molecule has 4 atom stereocenters. The number of ether oxygens (including phenoxy) is 2. The van der Waals surface area contributed by atoms with E-state index < -0.39 is 18.4 Å². The van der Waals surface area contributed by atoms with Gasteiger partial charge in [0, 0.05) is 38.0 Å². The highest BCUT2D eigenvalue weighted by Crippen LogP contribution is 2.38. The van der Waals surface area contributed by atoms with Crippen LogP contribution in [0.1, 0.15) is 65.6 Å². The molecule has 10 heteroatoms. The number of aromatic hydroxyl groups is 1. The van der Waals surface area contributed by atoms with Crippen molar-refractivity contribution < 1.29 is 39.5 Å². The van der Waals surface area contributed by atoms with E-state index in [0.717, 1.165) is 22.3 Å². The second-order valence-corrected chi connectivity index (χ2v) is 10.6. The molecule has 0 saturated carbocycles. The largest absolute Gasteiger partial charge is 0.508 e. The van der Waals surface area contributed by atoms with Gasteiger partial charge < -0.3 is 40.1 Å². The van der Waals surface area contributed by atoms with E-state index in [1.807, 2.05) is 60.5 Å². The third kappa shape index (κ3) is 9.10. The average Bonchev–Trinajstić information content (AvgIpc) is 2.99. The number of nitrogens with zero attached hydrogens (tertiary/aromatic N) is 1. The van der Waals surface area contributed by atoms with Crippen molar-refractivity contribution in [1.29, 1.82) is 0 Å². The van der Waals surface area contributed by atoms with E-state index in [1.54, 1.807) is 24.3 Å². The van der Waals surface area contributed by atoms with Gasteiger partial charge >= 0.3 is 5.97 Å². The van der Waals surface area contributed by atoms with Crippen LogP contribution in [0.3, 0.4) is 0 Å². The molecule has 1 aliphatic heterocycles. The Morgan fingerprint density at radius 3 is 2.33 bits per heavy atom. The van der Waals surface area contributed by atoms with Gasteiger partial charge in [0.2, 0.25) is 5.91 Å². The molecule has 3 aromatic rings. The van der Waals surface area contributed by atoms with Gasteiger partial charge in [0.15, 0.2) is 6.29 Å². The minimum absolute atomic E-state index is 0.0428. The molecular formula is C32H38N2O8. The Hall–Kier alpha value is -3.80. The van der Waals surface area contributed by atoms with Crippen LogP contribution < -0.4 is 5.32 Å². The number of aliphatic hydroxyl groups is 2. The van der Waals surface area contributed by atoms with Crippen LogP contribution in [0, 0.1) is 0 Å². The summed E-state index contributed by atoms with van der Waals surface area (Å²) < 4.78 is 12.8. The van der Waals surface area contributed by atoms with Gasteiger partial charge in [0.1, 0.15) is 5.75 Å². The molecule has 1 amide bonds. The van der Waals surface area contributed by atoms with Crippen molar-refractivity contribution in [2.75, 3.05) is 20.1 Å². The van der Waals surface area contributed by atoms with Crippen LogP contribution in [-0.2, 0) is 32.2 Å². The second kappa shape index (κ2) is 14.9. The number of benzene rings is 3. The zero-order valence-electron chi connectivity index (χ0n) is 23.6. The van der Waals surface area contributed by atoms with Gasteiger partial charge in [-0.3, -0.25) is 9.59 Å². The number of carbonyl (C=O) groups excluding carboxylic acids is 1. The SMILES string of the molecule is CN(C[C@H]1C[C@@H](c2ccc(CO)cc2)O[C@@H](c2ccc(CNC(=O)CCC(=O)O)cc2)O1)C[C@@H](O)c1cccc(O)c1. The molecule has 1 aliphatic rings. The molecule has 0 aromatic heterocycles. The van der Waals surface area contributed by atoms with E-state index in [1.165, 1.54) is 0 Å². The molecule has 10 nitrogen and oxygen atoms in total. The number of nitrogens with one attached hydrogen (secondary N) is 1. The number of carboxylic acid groups (broad SMARTS) is 1. The quantitative estimate of drug-likeness (QED) is 0.205. The summed E-state index contributed by atoms with van der Waals surface area (Å²) >= 11 is 0. The maximum Gasteiger partial charge on any atom is 0.303 e. The molecule has 5 N–H and O–H groups in total. The first-order valence-corrected chi connectivity index (χ1v) is 13.9. The first kappa shape index (κ1) is 31.1. The van der Waals surface area contributed by atoms with Gasteiger partial charge in [0.25, 0.3) is 0 Å². The van der Waals surface area contributed by atoms with E-state index in [9.17, 15) is 24.9 Å². The van der Waals surface area contributed by atoms with Gasteiger partial charge in [-0.1, -0.05) is 60.7 Å². The lowest BCUT2D eigenvalue weighted by atomic mass is 9.99. The van der Waals surface area contributed by atoms with Gasteiger partial charge in [0.05, 0.1) is 31.3 Å². The fourth-order valence-electron chi connectivity index (χ4n) is 4.89. The lowest BCUT2D eigenvalue weighted by Crippen LogP contribution is -2.39. The summed E-state index contributed by atoms with van der Waals surface area (Å²) in [5.41, 5.74) is 4.07. The Morgan fingerprint density at radius 2 is 1.67 bits per heavy atom. The number of carbonyl (C=O) groups is 2. The number of phenols is 1. The number of likely N-dealkylation sites (N-methyl/N-ethyl adjacent to an activating group) is 1. The number of amides is 1. The molecule has 0 unspecified atom stereocenters. The zero-order valence-corrected chi connectivity index (χ0v) is 23.6. The fraction of sp³-hybridized carbons (Fsp3) is 0.375. The molecule has 0 radical (unpaired) electrons. The van der Waals surface area contributed by atoms with Gasteiger partial charge in [-0.25, -0.2) is 0 Å². The third-order valence-corrected chi connectivity index (χ3v) is 7.18. The minimum atomic E-state index is -1.01. The average molecular weight is 579 g/mol. The van der Waals surface area contributed by atoms with Crippen molar-refractivity contribution in [3.05, 3.63) is 101 Å². The molecule has 4 rings (SSSR count). The number of rotatable bonds is 13. The van der Waals surface area contributed by atoms with Crippen LogP contribution in [-0.4, -0.2) is 63.4 Å². The van der Waals surface area contributed by atoms with Crippen LogP contribution in [0.2, 0.25) is 0 Å². The Kier molecular flexibility index (Phi) is 11.0. The van der Waals surface area contributed by atoms with Crippen molar-refractivity contribution in [2.45, 2.75) is 57.0 Å². The predicted octanol–water partition coefficient (Wildman–Crippen LogP) is 3.58. The molecule has 1 heterocycles. The lowest BCUT2D eigenvalue weighted by Gasteiger charge is -2.38. The Balaban J connectivity index is 1.43. The standard InChI is InChI=1S/C32H38N2O8/c1-34(19-28(37)25-3-2-4-26(36)15-25)18-27-16-29(23-9-7-22(20-35)8-10-23)42-32(41-27)24-11-5-21(6-12-24)17-33-30(38)13-14-31(39)40/h2-12,15,27-29,32,35-37H,13-14,16-20H2,1H3,(H,33,38)(H,39,40)/t27-,28-,29+,32+/m1/s1. The normalized spacial score (nSPS) is 19.4. The zero-order chi connectivity index (χ0) is 30.1. The molecule has 0 aliphatic carbocycles. The molecule has 0 bridgehead atoms. The van der Waals surface area contributed by atoms with Gasteiger partial charge in [-0.05, 0) is 41.4 Å². The maximum absolute atomic E-state index is 11.9. The first-order valence-electron chi connectivity index (χ1n) is 13.9. The van der Waals surface area contributed by atoms with Crippen molar-refractivity contribution in [3.63, 3.8) is 0 Å². The molecule has 0 spiro atoms. The summed E-state index contributed by atoms with van der Waals surface area (Å²) in [6.07, 6.45) is -1.62. The van der Waals surface area contributed by atoms with Gasteiger partial charge in [-0.2, -0.15) is 0 Å². The van der Waals surface area contributed by atoms with Crippen LogP contribution in [0.4, 0.5) is 0 Å². The second-order valence-electron chi connectivity index (χ2n) is 10.6. The van der Waals surface area contributed by atoms with Crippen LogP contribution in [0.25, 0.3) is 0 Å². The van der Waals surface area contributed by atoms with Crippen LogP contribution in [0.15, 0.2) is 72.8 Å². The molecule has 1 saturated heterocycles. The topological polar surface area (TPSA) is 149 Å². The smallest absolute Gasteiger partial charge is 0.303 e. The highest BCUT2D eigenvalue weighted by Gasteiger charge is 2.33. The van der Waals surface area contributed by atoms with E-state index in [-0.39, 0.29) is 49.9 Å². The number of phenolic OH excluding ortho intramolecular Hbond substituents is 1. The lowest BCUT2D eigenvalue weighted by molar-refractivity contribution is -0.252. The minimum Gasteiger partial charge on any atom is -0.508 e. The Morgan fingerprint density at radius 1 is 0.976 bits per heavy atom. The number of hydrogen-bond acceptors (Lipinski definition) is 8. The van der Waals surface area contributed by atoms with Crippen LogP contribution >= 0.6 is 0 Å². The van der Waals surface area contributed by atoms with Crippen molar-refractivity contribution >= 4 is 11.9 Å². The molecule has 1 fully saturated rings. The fourth-order valence-corrected chi connectivity index (χ4v) is 4.89. The number of aliphatic carboxylic acids is 1. The summed E-state index contributed by atoms with van der Waals surface area (Å²) in [6.45, 7) is 1.11. The first-order chi connectivity index (χ1) is 20.2. The van der Waals surface area contributed by atoms with E-state index >= 15 is 0 Å². The van der Waals surface area contributed by atoms with E-state index in [2.05, 4.69) is 5.32 Å². The summed E-state index contributed by atoms with van der Waals surface area (Å²) in [6, 6.07) is 21.7. The number of hydrogen-bond donors (Lipinski definition) is 5. The molecule has 224 valence electrons. The molecule has 42 heavy (non-hydrogen) atoms. The highest BCUT2D eigenvalue weighted by atomic mass is 16.7.